The molecule has 1 aliphatic rings. The molecule has 0 aromatic heterocycles. The fraction of sp³-hybridized carbons (Fsp3) is 0.292. The van der Waals surface area contributed by atoms with Gasteiger partial charge in [0.25, 0.3) is 0 Å². The number of phenolic OH excluding ortho intramolecular Hbond substituents is 2. The molecule has 152 valence electrons. The Morgan fingerprint density at radius 1 is 0.897 bits per heavy atom. The third kappa shape index (κ3) is 4.62. The van der Waals surface area contributed by atoms with Gasteiger partial charge in [0, 0.05) is 11.1 Å². The normalized spacial score (nSPS) is 19.6. The highest BCUT2D eigenvalue weighted by Gasteiger charge is 2.27. The Morgan fingerprint density at radius 3 is 1.69 bits per heavy atom. The number of methoxy groups -OCH3 is 2. The van der Waals surface area contributed by atoms with Gasteiger partial charge in [0.2, 0.25) is 0 Å². The zero-order valence-corrected chi connectivity index (χ0v) is 16.9. The van der Waals surface area contributed by atoms with Gasteiger partial charge in [0.15, 0.2) is 28.8 Å². The molecule has 0 amide bonds. The molecule has 0 bridgehead atoms. The van der Waals surface area contributed by atoms with Crippen LogP contribution < -0.4 is 9.47 Å². The minimum atomic E-state index is 0.000292. The maximum absolute atomic E-state index is 13.1. The van der Waals surface area contributed by atoms with E-state index < -0.39 is 0 Å². The van der Waals surface area contributed by atoms with Crippen molar-refractivity contribution in [1.29, 1.82) is 0 Å². The number of hydrogen-bond donors (Lipinski definition) is 2. The number of ketones is 1. The Kier molecular flexibility index (Phi) is 6.27. The third-order valence-electron chi connectivity index (χ3n) is 5.27. The monoisotopic (exact) mass is 394 g/mol. The first-order valence-electron chi connectivity index (χ1n) is 9.65. The molecule has 0 spiro atoms. The lowest BCUT2D eigenvalue weighted by atomic mass is 9.78. The molecule has 0 heterocycles. The topological polar surface area (TPSA) is 76.0 Å². The summed E-state index contributed by atoms with van der Waals surface area (Å²) in [7, 11) is 3.00. The van der Waals surface area contributed by atoms with E-state index in [0.29, 0.717) is 30.3 Å². The Morgan fingerprint density at radius 2 is 1.34 bits per heavy atom. The molecule has 5 nitrogen and oxygen atoms in total. The predicted molar refractivity (Wildman–Crippen MR) is 113 cm³/mol. The summed E-state index contributed by atoms with van der Waals surface area (Å²) in [4.78, 5) is 13.1. The van der Waals surface area contributed by atoms with E-state index in [2.05, 4.69) is 6.92 Å². The lowest BCUT2D eigenvalue weighted by Gasteiger charge is -2.25. The zero-order chi connectivity index (χ0) is 21.0. The number of allylic oxidation sites excluding steroid dienone is 2. The molecule has 0 unspecified atom stereocenters. The molecule has 29 heavy (non-hydrogen) atoms. The van der Waals surface area contributed by atoms with Crippen LogP contribution in [-0.2, 0) is 4.79 Å². The van der Waals surface area contributed by atoms with Crippen LogP contribution in [0.25, 0.3) is 12.2 Å². The van der Waals surface area contributed by atoms with Gasteiger partial charge in [0.05, 0.1) is 14.2 Å². The molecular formula is C24H26O5. The molecule has 0 atom stereocenters. The second kappa shape index (κ2) is 8.86. The average molecular weight is 394 g/mol. The number of Topliss-reactive ketones (excluding diaryl/α,β-unsaturated/α-hetero) is 1. The van der Waals surface area contributed by atoms with Gasteiger partial charge in [-0.3, -0.25) is 4.79 Å². The van der Waals surface area contributed by atoms with Gasteiger partial charge >= 0.3 is 0 Å². The van der Waals surface area contributed by atoms with Crippen LogP contribution >= 0.6 is 0 Å². The molecule has 1 saturated carbocycles. The van der Waals surface area contributed by atoms with E-state index in [0.717, 1.165) is 28.7 Å². The largest absolute Gasteiger partial charge is 0.504 e. The highest BCUT2D eigenvalue weighted by molar-refractivity contribution is 6.14. The van der Waals surface area contributed by atoms with E-state index >= 15 is 0 Å². The summed E-state index contributed by atoms with van der Waals surface area (Å²) >= 11 is 0. The molecule has 2 aromatic carbocycles. The van der Waals surface area contributed by atoms with Crippen molar-refractivity contribution in [1.82, 2.24) is 0 Å². The lowest BCUT2D eigenvalue weighted by Crippen LogP contribution is -2.19. The van der Waals surface area contributed by atoms with Gasteiger partial charge in [-0.15, -0.1) is 0 Å². The van der Waals surface area contributed by atoms with Gasteiger partial charge in [-0.05, 0) is 66.3 Å². The van der Waals surface area contributed by atoms with Crippen molar-refractivity contribution >= 4 is 17.9 Å². The number of benzene rings is 2. The number of ether oxygens (including phenoxy) is 2. The Bertz CT molecular complexity index is 896. The van der Waals surface area contributed by atoms with Crippen LogP contribution in [0.3, 0.4) is 0 Å². The maximum Gasteiger partial charge on any atom is 0.185 e. The number of phenols is 2. The first-order chi connectivity index (χ1) is 13.9. The van der Waals surface area contributed by atoms with Crippen LogP contribution in [0.5, 0.6) is 23.0 Å². The Balaban J connectivity index is 1.94. The Hall–Kier alpha value is -3.21. The third-order valence-corrected chi connectivity index (χ3v) is 5.27. The molecule has 0 radical (unpaired) electrons. The highest BCUT2D eigenvalue weighted by Crippen LogP contribution is 2.36. The molecule has 2 aromatic rings. The van der Waals surface area contributed by atoms with Crippen molar-refractivity contribution in [2.24, 2.45) is 5.92 Å². The Labute approximate surface area is 170 Å². The van der Waals surface area contributed by atoms with Crippen LogP contribution in [0, 0.1) is 5.92 Å². The lowest BCUT2D eigenvalue weighted by molar-refractivity contribution is -0.113. The van der Waals surface area contributed by atoms with E-state index in [1.165, 1.54) is 14.2 Å². The van der Waals surface area contributed by atoms with Gasteiger partial charge < -0.3 is 19.7 Å². The summed E-state index contributed by atoms with van der Waals surface area (Å²) in [6.45, 7) is 2.12. The van der Waals surface area contributed by atoms with E-state index in [1.807, 2.05) is 24.3 Å². The molecule has 0 saturated heterocycles. The van der Waals surface area contributed by atoms with Gasteiger partial charge in [-0.1, -0.05) is 25.5 Å². The molecule has 1 aliphatic carbocycles. The minimum Gasteiger partial charge on any atom is -0.504 e. The van der Waals surface area contributed by atoms with E-state index in [4.69, 9.17) is 9.47 Å². The summed E-state index contributed by atoms with van der Waals surface area (Å²) in [6.07, 6.45) is 6.04. The number of aromatic hydroxyl groups is 2. The summed E-state index contributed by atoms with van der Waals surface area (Å²) in [6, 6.07) is 10.2. The summed E-state index contributed by atoms with van der Waals surface area (Å²) < 4.78 is 10.2. The smallest absolute Gasteiger partial charge is 0.185 e. The number of rotatable bonds is 5. The van der Waals surface area contributed by atoms with E-state index in [-0.39, 0.29) is 17.3 Å². The van der Waals surface area contributed by atoms with Gasteiger partial charge in [-0.25, -0.2) is 0 Å². The number of hydrogen-bond acceptors (Lipinski definition) is 5. The molecule has 2 N–H and O–H groups in total. The quantitative estimate of drug-likeness (QED) is 0.700. The standard InChI is InChI=1S/C24H26O5/c1-4-15-9-18(11-16-5-7-22(28-2)20(25)13-16)24(27)19(10-15)12-17-6-8-23(29-3)21(26)14-17/h5-8,11-15,25-26H,4,9-10H2,1-3H3. The van der Waals surface area contributed by atoms with Crippen molar-refractivity contribution < 1.29 is 24.5 Å². The van der Waals surface area contributed by atoms with Gasteiger partial charge in [-0.2, -0.15) is 0 Å². The zero-order valence-electron chi connectivity index (χ0n) is 16.9. The fourth-order valence-electron chi connectivity index (χ4n) is 3.62. The van der Waals surface area contributed by atoms with Crippen LogP contribution in [0.4, 0.5) is 0 Å². The van der Waals surface area contributed by atoms with E-state index in [9.17, 15) is 15.0 Å². The summed E-state index contributed by atoms with van der Waals surface area (Å²) in [5.74, 6) is 1.24. The second-order valence-corrected chi connectivity index (χ2v) is 7.21. The molecule has 5 heteroatoms. The minimum absolute atomic E-state index is 0.000292. The van der Waals surface area contributed by atoms with Crippen molar-refractivity contribution in [3.8, 4) is 23.0 Å². The van der Waals surface area contributed by atoms with Crippen LogP contribution in [0.2, 0.25) is 0 Å². The van der Waals surface area contributed by atoms with Crippen molar-refractivity contribution in [2.75, 3.05) is 14.2 Å². The van der Waals surface area contributed by atoms with Crippen LogP contribution in [0.1, 0.15) is 37.3 Å². The first-order valence-corrected chi connectivity index (χ1v) is 9.65. The van der Waals surface area contributed by atoms with E-state index in [1.54, 1.807) is 24.3 Å². The number of carbonyl (C=O) groups excluding carboxylic acids is 1. The molecule has 1 fully saturated rings. The van der Waals surface area contributed by atoms with Crippen molar-refractivity contribution in [3.05, 3.63) is 58.7 Å². The van der Waals surface area contributed by atoms with Crippen LogP contribution in [-0.4, -0.2) is 30.2 Å². The fourth-order valence-corrected chi connectivity index (χ4v) is 3.62. The van der Waals surface area contributed by atoms with Crippen molar-refractivity contribution in [2.45, 2.75) is 26.2 Å². The molecule has 0 aliphatic heterocycles. The van der Waals surface area contributed by atoms with Crippen molar-refractivity contribution in [3.63, 3.8) is 0 Å². The second-order valence-electron chi connectivity index (χ2n) is 7.21. The molecular weight excluding hydrogens is 368 g/mol. The predicted octanol–water partition coefficient (Wildman–Crippen LogP) is 4.97. The first kappa shape index (κ1) is 20.5. The SMILES string of the molecule is CCC1CC(=Cc2ccc(OC)c(O)c2)C(=O)C(=Cc2ccc(OC)c(O)c2)C1. The van der Waals surface area contributed by atoms with Gasteiger partial charge in [0.1, 0.15) is 0 Å². The highest BCUT2D eigenvalue weighted by atomic mass is 16.5. The van der Waals surface area contributed by atoms with Crippen LogP contribution in [0.15, 0.2) is 47.5 Å². The summed E-state index contributed by atoms with van der Waals surface area (Å²) in [5, 5.41) is 20.0. The number of carbonyl (C=O) groups is 1. The molecule has 3 rings (SSSR count). The summed E-state index contributed by atoms with van der Waals surface area (Å²) in [5.41, 5.74) is 2.95. The maximum atomic E-state index is 13.1. The average Bonchev–Trinajstić information content (AvgIpc) is 2.71.